The molecular weight excluding hydrogens is 546 g/mol. The molecule has 1 unspecified atom stereocenters. The number of amides is 2. The molecule has 2 amide bonds. The zero-order chi connectivity index (χ0) is 29.4. The predicted molar refractivity (Wildman–Crippen MR) is 161 cm³/mol. The zero-order valence-corrected chi connectivity index (χ0v) is 25.3. The molecule has 0 saturated heterocycles. The van der Waals surface area contributed by atoms with Gasteiger partial charge < -0.3 is 10.2 Å². The van der Waals surface area contributed by atoms with E-state index in [1.54, 1.807) is 54.6 Å². The lowest BCUT2D eigenvalue weighted by molar-refractivity contribution is -0.140. The van der Waals surface area contributed by atoms with Gasteiger partial charge in [0.1, 0.15) is 12.6 Å². The Morgan fingerprint density at radius 3 is 2.23 bits per heavy atom. The second-order valence-corrected chi connectivity index (χ2v) is 12.1. The highest BCUT2D eigenvalue weighted by molar-refractivity contribution is 7.92. The van der Waals surface area contributed by atoms with Crippen molar-refractivity contribution < 1.29 is 18.0 Å². The fraction of sp³-hybridized carbons (Fsp3) is 0.355. The van der Waals surface area contributed by atoms with Crippen LogP contribution in [0.2, 0.25) is 5.02 Å². The Kier molecular flexibility index (Phi) is 10.8. The van der Waals surface area contributed by atoms with E-state index in [1.807, 2.05) is 46.8 Å². The third-order valence-corrected chi connectivity index (χ3v) is 9.11. The quantitative estimate of drug-likeness (QED) is 0.292. The Balaban J connectivity index is 2.11. The van der Waals surface area contributed by atoms with Crippen LogP contribution < -0.4 is 9.62 Å². The van der Waals surface area contributed by atoms with E-state index < -0.39 is 28.5 Å². The zero-order valence-electron chi connectivity index (χ0n) is 23.8. The molecule has 9 heteroatoms. The first-order valence-corrected chi connectivity index (χ1v) is 15.3. The molecule has 0 aliphatic heterocycles. The molecular formula is C31H38ClN3O4S. The molecule has 3 aromatic carbocycles. The summed E-state index contributed by atoms with van der Waals surface area (Å²) in [5, 5.41) is 3.35. The first-order valence-electron chi connectivity index (χ1n) is 13.5. The molecule has 0 heterocycles. The molecule has 1 atom stereocenters. The standard InChI is InChI=1S/C31H38ClN3O4S/c1-6-19-33-31(37)28(7-2)34(20-25-12-8-9-13-27(25)32)30(36)21-35(29-14-10-11-23(4)24(29)5)40(38,39)26-17-15-22(3)16-18-26/h8-18,28H,6-7,19-21H2,1-5H3,(H,33,37). The number of nitrogens with one attached hydrogen (secondary N) is 1. The van der Waals surface area contributed by atoms with Crippen molar-refractivity contribution in [2.75, 3.05) is 17.4 Å². The Labute approximate surface area is 243 Å². The van der Waals surface area contributed by atoms with Gasteiger partial charge >= 0.3 is 0 Å². The molecule has 0 fully saturated rings. The van der Waals surface area contributed by atoms with Crippen LogP contribution in [0.25, 0.3) is 0 Å². The Bertz CT molecular complexity index is 1440. The monoisotopic (exact) mass is 583 g/mol. The van der Waals surface area contributed by atoms with Gasteiger partial charge in [0.15, 0.2) is 0 Å². The lowest BCUT2D eigenvalue weighted by Gasteiger charge is -2.34. The average Bonchev–Trinajstić information content (AvgIpc) is 2.93. The highest BCUT2D eigenvalue weighted by atomic mass is 35.5. The molecule has 0 bridgehead atoms. The molecule has 0 aliphatic carbocycles. The molecule has 0 aliphatic rings. The van der Waals surface area contributed by atoms with Gasteiger partial charge in [-0.05, 0) is 74.6 Å². The maximum atomic E-state index is 14.1. The number of carbonyl (C=O) groups is 2. The second-order valence-electron chi connectivity index (χ2n) is 9.87. The maximum absolute atomic E-state index is 14.1. The van der Waals surface area contributed by atoms with E-state index >= 15 is 0 Å². The Morgan fingerprint density at radius 1 is 0.925 bits per heavy atom. The molecule has 3 rings (SSSR count). The number of sulfonamides is 1. The molecule has 0 spiro atoms. The third kappa shape index (κ3) is 7.23. The number of benzene rings is 3. The van der Waals surface area contributed by atoms with E-state index in [1.165, 1.54) is 4.90 Å². The van der Waals surface area contributed by atoms with Gasteiger partial charge in [0.25, 0.3) is 10.0 Å². The highest BCUT2D eigenvalue weighted by Gasteiger charge is 2.34. The number of hydrogen-bond donors (Lipinski definition) is 1. The van der Waals surface area contributed by atoms with Crippen LogP contribution in [-0.4, -0.2) is 44.3 Å². The van der Waals surface area contributed by atoms with Crippen molar-refractivity contribution in [2.24, 2.45) is 0 Å². The van der Waals surface area contributed by atoms with Crippen LogP contribution in [0.5, 0.6) is 0 Å². The normalized spacial score (nSPS) is 12.1. The van der Waals surface area contributed by atoms with Crippen molar-refractivity contribution in [3.63, 3.8) is 0 Å². The van der Waals surface area contributed by atoms with Gasteiger partial charge in [0.05, 0.1) is 10.6 Å². The fourth-order valence-electron chi connectivity index (χ4n) is 4.45. The van der Waals surface area contributed by atoms with E-state index in [4.69, 9.17) is 11.6 Å². The number of anilines is 1. The third-order valence-electron chi connectivity index (χ3n) is 6.97. The van der Waals surface area contributed by atoms with Gasteiger partial charge in [-0.3, -0.25) is 13.9 Å². The van der Waals surface area contributed by atoms with Gasteiger partial charge in [0, 0.05) is 18.1 Å². The van der Waals surface area contributed by atoms with Crippen LogP contribution in [0.3, 0.4) is 0 Å². The summed E-state index contributed by atoms with van der Waals surface area (Å²) in [4.78, 5) is 28.9. The molecule has 7 nitrogen and oxygen atoms in total. The summed E-state index contributed by atoms with van der Waals surface area (Å²) in [6, 6.07) is 18.2. The smallest absolute Gasteiger partial charge is 0.264 e. The van der Waals surface area contributed by atoms with Crippen molar-refractivity contribution in [3.05, 3.63) is 94.0 Å². The van der Waals surface area contributed by atoms with Gasteiger partial charge in [-0.25, -0.2) is 8.42 Å². The minimum absolute atomic E-state index is 0.0573. The molecule has 1 N–H and O–H groups in total. The van der Waals surface area contributed by atoms with Crippen LogP contribution >= 0.6 is 11.6 Å². The molecule has 40 heavy (non-hydrogen) atoms. The van der Waals surface area contributed by atoms with Crippen LogP contribution in [0, 0.1) is 20.8 Å². The summed E-state index contributed by atoms with van der Waals surface area (Å²) in [5.41, 5.74) is 3.64. The van der Waals surface area contributed by atoms with E-state index in [0.29, 0.717) is 29.2 Å². The fourth-order valence-corrected chi connectivity index (χ4v) is 6.12. The van der Waals surface area contributed by atoms with Crippen LogP contribution in [-0.2, 0) is 26.2 Å². The number of nitrogens with zero attached hydrogens (tertiary/aromatic N) is 2. The van der Waals surface area contributed by atoms with Crippen molar-refractivity contribution in [1.29, 1.82) is 0 Å². The average molecular weight is 584 g/mol. The van der Waals surface area contributed by atoms with Gasteiger partial charge in [-0.1, -0.05) is 73.5 Å². The maximum Gasteiger partial charge on any atom is 0.264 e. The van der Waals surface area contributed by atoms with E-state index in [-0.39, 0.29) is 17.3 Å². The van der Waals surface area contributed by atoms with Crippen molar-refractivity contribution >= 4 is 39.1 Å². The number of carbonyl (C=O) groups excluding carboxylic acids is 2. The lowest BCUT2D eigenvalue weighted by atomic mass is 10.1. The van der Waals surface area contributed by atoms with E-state index in [2.05, 4.69) is 5.32 Å². The SMILES string of the molecule is CCCNC(=O)C(CC)N(Cc1ccccc1Cl)C(=O)CN(c1cccc(C)c1C)S(=O)(=O)c1ccc(C)cc1. The van der Waals surface area contributed by atoms with Gasteiger partial charge in [-0.2, -0.15) is 0 Å². The van der Waals surface area contributed by atoms with Gasteiger partial charge in [-0.15, -0.1) is 0 Å². The van der Waals surface area contributed by atoms with Crippen molar-refractivity contribution in [1.82, 2.24) is 10.2 Å². The summed E-state index contributed by atoms with van der Waals surface area (Å²) in [5.74, 6) is -0.792. The lowest BCUT2D eigenvalue weighted by Crippen LogP contribution is -2.52. The first kappa shape index (κ1) is 31.2. The Morgan fingerprint density at radius 2 is 1.60 bits per heavy atom. The summed E-state index contributed by atoms with van der Waals surface area (Å²) in [6.45, 7) is 9.43. The topological polar surface area (TPSA) is 86.8 Å². The summed E-state index contributed by atoms with van der Waals surface area (Å²) >= 11 is 6.44. The van der Waals surface area contributed by atoms with E-state index in [9.17, 15) is 18.0 Å². The minimum Gasteiger partial charge on any atom is -0.354 e. The minimum atomic E-state index is -4.13. The number of aryl methyl sites for hydroxylation is 2. The molecule has 0 radical (unpaired) electrons. The summed E-state index contributed by atoms with van der Waals surface area (Å²) in [6.07, 6.45) is 1.09. The van der Waals surface area contributed by atoms with Crippen molar-refractivity contribution in [2.45, 2.75) is 64.9 Å². The number of halogens is 1. The van der Waals surface area contributed by atoms with Crippen LogP contribution in [0.15, 0.2) is 71.6 Å². The first-order chi connectivity index (χ1) is 19.0. The van der Waals surface area contributed by atoms with Gasteiger partial charge in [0.2, 0.25) is 11.8 Å². The molecule has 214 valence electrons. The summed E-state index contributed by atoms with van der Waals surface area (Å²) in [7, 11) is -4.13. The van der Waals surface area contributed by atoms with Crippen LogP contribution in [0.1, 0.15) is 48.9 Å². The largest absolute Gasteiger partial charge is 0.354 e. The second kappa shape index (κ2) is 13.8. The van der Waals surface area contributed by atoms with E-state index in [0.717, 1.165) is 27.4 Å². The van der Waals surface area contributed by atoms with Crippen molar-refractivity contribution in [3.8, 4) is 0 Å². The number of hydrogen-bond acceptors (Lipinski definition) is 4. The molecule has 0 saturated carbocycles. The predicted octanol–water partition coefficient (Wildman–Crippen LogP) is 5.79. The molecule has 0 aromatic heterocycles. The number of rotatable bonds is 12. The summed E-state index contributed by atoms with van der Waals surface area (Å²) < 4.78 is 29.2. The van der Waals surface area contributed by atoms with Crippen LogP contribution in [0.4, 0.5) is 5.69 Å². The molecule has 3 aromatic rings. The Hall–Kier alpha value is -3.36. The highest BCUT2D eigenvalue weighted by Crippen LogP contribution is 2.29.